The second kappa shape index (κ2) is 6.79. The highest BCUT2D eigenvalue weighted by Crippen LogP contribution is 2.35. The Balaban J connectivity index is 2.35. The van der Waals surface area contributed by atoms with Gasteiger partial charge in [0.25, 0.3) is 0 Å². The Morgan fingerprint density at radius 3 is 2.76 bits per heavy atom. The number of nitrogens with two attached hydrogens (primary N) is 1. The first-order valence-electron chi connectivity index (χ1n) is 7.32. The Labute approximate surface area is 134 Å². The van der Waals surface area contributed by atoms with Gasteiger partial charge in [-0.3, -0.25) is 4.79 Å². The number of rotatable bonds is 4. The van der Waals surface area contributed by atoms with Crippen molar-refractivity contribution in [2.75, 3.05) is 13.7 Å². The van der Waals surface area contributed by atoms with Gasteiger partial charge in [0.05, 0.1) is 17.6 Å². The molecule has 0 aliphatic carbocycles. The Morgan fingerprint density at radius 1 is 1.48 bits per heavy atom. The summed E-state index contributed by atoms with van der Waals surface area (Å²) in [4.78, 5) is 14.2. The second-order valence-electron chi connectivity index (χ2n) is 5.98. The van der Waals surface area contributed by atoms with E-state index >= 15 is 0 Å². The minimum Gasteiger partial charge on any atom is -0.496 e. The van der Waals surface area contributed by atoms with Crippen molar-refractivity contribution in [1.29, 1.82) is 0 Å². The molecule has 2 atom stereocenters. The van der Waals surface area contributed by atoms with E-state index in [1.54, 1.807) is 7.11 Å². The Kier molecular flexibility index (Phi) is 5.27. The number of ether oxygens (including phenoxy) is 1. The van der Waals surface area contributed by atoms with Gasteiger partial charge in [-0.25, -0.2) is 0 Å². The van der Waals surface area contributed by atoms with Crippen molar-refractivity contribution < 1.29 is 9.53 Å². The normalized spacial score (nSPS) is 22.8. The van der Waals surface area contributed by atoms with E-state index in [0.29, 0.717) is 12.3 Å². The minimum absolute atomic E-state index is 0.0262. The van der Waals surface area contributed by atoms with Crippen LogP contribution < -0.4 is 10.5 Å². The van der Waals surface area contributed by atoms with Crippen LogP contribution in [-0.2, 0) is 4.79 Å². The van der Waals surface area contributed by atoms with Gasteiger partial charge in [0.1, 0.15) is 5.75 Å². The molecule has 1 aliphatic rings. The molecule has 0 spiro atoms. The van der Waals surface area contributed by atoms with E-state index in [-0.39, 0.29) is 18.0 Å². The Hall–Kier alpha value is -1.07. The number of halogens is 1. The molecule has 1 fully saturated rings. The summed E-state index contributed by atoms with van der Waals surface area (Å²) in [6, 6.07) is 5.84. The topological polar surface area (TPSA) is 55.6 Å². The highest BCUT2D eigenvalue weighted by Gasteiger charge is 2.35. The van der Waals surface area contributed by atoms with Crippen LogP contribution in [0, 0.1) is 5.92 Å². The number of amides is 1. The second-order valence-corrected chi connectivity index (χ2v) is 6.84. The molecular weight excluding hydrogens is 332 g/mol. The van der Waals surface area contributed by atoms with Gasteiger partial charge in [-0.2, -0.15) is 0 Å². The highest BCUT2D eigenvalue weighted by molar-refractivity contribution is 9.10. The molecule has 2 unspecified atom stereocenters. The molecule has 1 aromatic carbocycles. The van der Waals surface area contributed by atoms with Gasteiger partial charge in [-0.15, -0.1) is 0 Å². The van der Waals surface area contributed by atoms with Crippen molar-refractivity contribution in [2.24, 2.45) is 11.7 Å². The largest absolute Gasteiger partial charge is 0.496 e. The lowest BCUT2D eigenvalue weighted by molar-refractivity contribution is -0.138. The van der Waals surface area contributed by atoms with Gasteiger partial charge >= 0.3 is 0 Å². The monoisotopic (exact) mass is 354 g/mol. The molecular formula is C16H23BrN2O2. The SMILES string of the molecule is COc1ccc(C2C(N)CCC(=O)N2CC(C)C)cc1Br. The summed E-state index contributed by atoms with van der Waals surface area (Å²) >= 11 is 3.51. The van der Waals surface area contributed by atoms with Crippen LogP contribution in [0.2, 0.25) is 0 Å². The zero-order valence-electron chi connectivity index (χ0n) is 12.8. The van der Waals surface area contributed by atoms with Crippen molar-refractivity contribution >= 4 is 21.8 Å². The highest BCUT2D eigenvalue weighted by atomic mass is 79.9. The van der Waals surface area contributed by atoms with E-state index in [0.717, 1.165) is 28.8 Å². The molecule has 0 aromatic heterocycles. The third-order valence-electron chi connectivity index (χ3n) is 3.83. The zero-order chi connectivity index (χ0) is 15.6. The molecule has 4 nitrogen and oxygen atoms in total. The third-order valence-corrected chi connectivity index (χ3v) is 4.45. The van der Waals surface area contributed by atoms with Crippen molar-refractivity contribution in [1.82, 2.24) is 4.90 Å². The standard InChI is InChI=1S/C16H23BrN2O2/c1-10(2)9-19-15(20)7-5-13(18)16(19)11-4-6-14(21-3)12(17)8-11/h4,6,8,10,13,16H,5,7,9,18H2,1-3H3. The molecule has 5 heteroatoms. The first-order chi connectivity index (χ1) is 9.93. The van der Waals surface area contributed by atoms with Gasteiger partial charge in [-0.1, -0.05) is 19.9 Å². The van der Waals surface area contributed by atoms with Crippen LogP contribution in [0.15, 0.2) is 22.7 Å². The number of nitrogens with zero attached hydrogens (tertiary/aromatic N) is 1. The molecule has 1 amide bonds. The summed E-state index contributed by atoms with van der Waals surface area (Å²) in [6.45, 7) is 4.98. The minimum atomic E-state index is -0.0594. The number of carbonyl (C=O) groups excluding carboxylic acids is 1. The molecule has 1 saturated heterocycles. The number of hydrogen-bond acceptors (Lipinski definition) is 3. The van der Waals surface area contributed by atoms with Gasteiger partial charge < -0.3 is 15.4 Å². The van der Waals surface area contributed by atoms with E-state index in [9.17, 15) is 4.79 Å². The van der Waals surface area contributed by atoms with Crippen LogP contribution in [0.1, 0.15) is 38.3 Å². The average Bonchev–Trinajstić information content (AvgIpc) is 2.42. The van der Waals surface area contributed by atoms with Crippen LogP contribution in [0.3, 0.4) is 0 Å². The van der Waals surface area contributed by atoms with Crippen molar-refractivity contribution in [2.45, 2.75) is 38.8 Å². The maximum Gasteiger partial charge on any atom is 0.223 e. The van der Waals surface area contributed by atoms with Gasteiger partial charge in [0.2, 0.25) is 5.91 Å². The summed E-state index contributed by atoms with van der Waals surface area (Å²) in [5, 5.41) is 0. The molecule has 0 saturated carbocycles. The molecule has 0 radical (unpaired) electrons. The number of hydrogen-bond donors (Lipinski definition) is 1. The fraction of sp³-hybridized carbons (Fsp3) is 0.562. The number of likely N-dealkylation sites (tertiary alicyclic amines) is 1. The first-order valence-corrected chi connectivity index (χ1v) is 8.11. The zero-order valence-corrected chi connectivity index (χ0v) is 14.4. The van der Waals surface area contributed by atoms with Crippen molar-refractivity contribution in [3.8, 4) is 5.75 Å². The quantitative estimate of drug-likeness (QED) is 0.903. The molecule has 0 bridgehead atoms. The van der Waals surface area contributed by atoms with Gasteiger partial charge in [0, 0.05) is 19.0 Å². The number of piperidine rings is 1. The fourth-order valence-corrected chi connectivity index (χ4v) is 3.44. The lowest BCUT2D eigenvalue weighted by Crippen LogP contribution is -2.49. The van der Waals surface area contributed by atoms with Crippen LogP contribution >= 0.6 is 15.9 Å². The van der Waals surface area contributed by atoms with E-state index < -0.39 is 0 Å². The van der Waals surface area contributed by atoms with Gasteiger partial charge in [0.15, 0.2) is 0 Å². The molecule has 2 N–H and O–H groups in total. The van der Waals surface area contributed by atoms with Gasteiger partial charge in [-0.05, 0) is 46.0 Å². The molecule has 2 rings (SSSR count). The van der Waals surface area contributed by atoms with Crippen LogP contribution in [0.5, 0.6) is 5.75 Å². The lowest BCUT2D eigenvalue weighted by Gasteiger charge is -2.41. The van der Waals surface area contributed by atoms with Crippen LogP contribution in [0.25, 0.3) is 0 Å². The molecule has 116 valence electrons. The predicted molar refractivity (Wildman–Crippen MR) is 87.2 cm³/mol. The van der Waals surface area contributed by atoms with Crippen molar-refractivity contribution in [3.63, 3.8) is 0 Å². The Morgan fingerprint density at radius 2 is 2.19 bits per heavy atom. The number of benzene rings is 1. The molecule has 1 aliphatic heterocycles. The third kappa shape index (κ3) is 3.58. The molecule has 21 heavy (non-hydrogen) atoms. The maximum absolute atomic E-state index is 12.3. The van der Waals surface area contributed by atoms with E-state index in [1.165, 1.54) is 0 Å². The fourth-order valence-electron chi connectivity index (χ4n) is 2.88. The Bertz CT molecular complexity index is 519. The van der Waals surface area contributed by atoms with Crippen LogP contribution in [-0.4, -0.2) is 30.5 Å². The predicted octanol–water partition coefficient (Wildman–Crippen LogP) is 3.10. The average molecular weight is 355 g/mol. The first kappa shape index (κ1) is 16.3. The summed E-state index contributed by atoms with van der Waals surface area (Å²) in [6.07, 6.45) is 1.28. The lowest BCUT2D eigenvalue weighted by atomic mass is 9.90. The summed E-state index contributed by atoms with van der Waals surface area (Å²) in [7, 11) is 1.64. The summed E-state index contributed by atoms with van der Waals surface area (Å²) < 4.78 is 6.15. The smallest absolute Gasteiger partial charge is 0.223 e. The number of carbonyl (C=O) groups is 1. The van der Waals surface area contributed by atoms with Crippen molar-refractivity contribution in [3.05, 3.63) is 28.2 Å². The summed E-state index contributed by atoms with van der Waals surface area (Å²) in [5.74, 6) is 1.40. The molecule has 1 heterocycles. The van der Waals surface area contributed by atoms with E-state index in [1.807, 2.05) is 23.1 Å². The number of methoxy groups -OCH3 is 1. The van der Waals surface area contributed by atoms with E-state index in [2.05, 4.69) is 29.8 Å². The van der Waals surface area contributed by atoms with E-state index in [4.69, 9.17) is 10.5 Å². The van der Waals surface area contributed by atoms with Crippen LogP contribution in [0.4, 0.5) is 0 Å². The maximum atomic E-state index is 12.3. The molecule has 1 aromatic rings. The summed E-state index contributed by atoms with van der Waals surface area (Å²) in [5.41, 5.74) is 7.38.